The molecule has 1 aliphatic heterocycles. The lowest BCUT2D eigenvalue weighted by molar-refractivity contribution is 0.244. The zero-order chi connectivity index (χ0) is 16.2. The van der Waals surface area contributed by atoms with Crippen molar-refractivity contribution in [3.05, 3.63) is 35.5 Å². The molecule has 1 saturated heterocycles. The lowest BCUT2D eigenvalue weighted by Gasteiger charge is -2.24. The van der Waals surface area contributed by atoms with Crippen molar-refractivity contribution >= 4 is 5.82 Å². The lowest BCUT2D eigenvalue weighted by Crippen LogP contribution is -2.23. The number of nitrogens with zero attached hydrogens (tertiary/aromatic N) is 5. The normalized spacial score (nSPS) is 18.5. The molecule has 0 spiro atoms. The molecule has 6 nitrogen and oxygen atoms in total. The van der Waals surface area contributed by atoms with E-state index in [4.69, 9.17) is 0 Å². The maximum Gasteiger partial charge on any atom is 0.129 e. The van der Waals surface area contributed by atoms with Crippen molar-refractivity contribution in [1.29, 1.82) is 0 Å². The van der Waals surface area contributed by atoms with Gasteiger partial charge in [0.15, 0.2) is 0 Å². The lowest BCUT2D eigenvalue weighted by atomic mass is 10.1. The molecule has 0 bridgehead atoms. The summed E-state index contributed by atoms with van der Waals surface area (Å²) in [5.74, 6) is 1.73. The molecule has 0 aliphatic carbocycles. The Balaban J connectivity index is 1.75. The van der Waals surface area contributed by atoms with Gasteiger partial charge in [0, 0.05) is 38.0 Å². The van der Waals surface area contributed by atoms with Crippen molar-refractivity contribution < 1.29 is 0 Å². The number of hydrogen-bond acceptors (Lipinski definition) is 5. The molecule has 2 aromatic rings. The smallest absolute Gasteiger partial charge is 0.129 e. The largest absolute Gasteiger partial charge is 0.373 e. The van der Waals surface area contributed by atoms with Crippen LogP contribution >= 0.6 is 0 Å². The van der Waals surface area contributed by atoms with Crippen LogP contribution in [-0.4, -0.2) is 38.2 Å². The molecule has 6 heteroatoms. The first-order valence-electron chi connectivity index (χ1n) is 8.48. The Morgan fingerprint density at radius 1 is 1.35 bits per heavy atom. The van der Waals surface area contributed by atoms with Gasteiger partial charge in [-0.05, 0) is 32.7 Å². The van der Waals surface area contributed by atoms with Crippen molar-refractivity contribution in [2.75, 3.05) is 18.9 Å². The third-order valence-electron chi connectivity index (χ3n) is 4.34. The molecule has 3 rings (SSSR count). The highest BCUT2D eigenvalue weighted by Gasteiger charge is 2.28. The van der Waals surface area contributed by atoms with Gasteiger partial charge in [0.2, 0.25) is 0 Å². The zero-order valence-corrected chi connectivity index (χ0v) is 14.3. The third-order valence-corrected chi connectivity index (χ3v) is 4.34. The van der Waals surface area contributed by atoms with E-state index >= 15 is 0 Å². The maximum absolute atomic E-state index is 4.68. The summed E-state index contributed by atoms with van der Waals surface area (Å²) in [6.45, 7) is 7.17. The first-order valence-corrected chi connectivity index (χ1v) is 8.48. The average Bonchev–Trinajstić information content (AvgIpc) is 3.17. The van der Waals surface area contributed by atoms with Gasteiger partial charge in [0.25, 0.3) is 0 Å². The first-order chi connectivity index (χ1) is 11.2. The second-order valence-electron chi connectivity index (χ2n) is 6.22. The van der Waals surface area contributed by atoms with Crippen molar-refractivity contribution in [3.8, 4) is 0 Å². The number of aromatic nitrogens is 4. The number of likely N-dealkylation sites (tertiary alicyclic amines) is 1. The fourth-order valence-corrected chi connectivity index (χ4v) is 3.31. The number of rotatable bonds is 6. The molecule has 3 heterocycles. The van der Waals surface area contributed by atoms with Gasteiger partial charge in [-0.15, -0.1) is 0 Å². The quantitative estimate of drug-likeness (QED) is 0.888. The number of aryl methyl sites for hydroxylation is 2. The van der Waals surface area contributed by atoms with E-state index in [2.05, 4.69) is 44.5 Å². The number of hydrogen-bond donors (Lipinski definition) is 1. The number of nitrogens with one attached hydrogen (secondary N) is 1. The molecule has 1 atom stereocenters. The highest BCUT2D eigenvalue weighted by molar-refractivity contribution is 5.36. The average molecular weight is 314 g/mol. The van der Waals surface area contributed by atoms with Crippen molar-refractivity contribution in [2.24, 2.45) is 0 Å². The van der Waals surface area contributed by atoms with Crippen molar-refractivity contribution in [2.45, 2.75) is 52.2 Å². The van der Waals surface area contributed by atoms with Gasteiger partial charge in [-0.1, -0.05) is 6.92 Å². The molecule has 0 amide bonds. The van der Waals surface area contributed by atoms with Crippen LogP contribution in [0.2, 0.25) is 0 Å². The topological polar surface area (TPSA) is 58.9 Å². The Bertz CT molecular complexity index is 650. The highest BCUT2D eigenvalue weighted by Crippen LogP contribution is 2.32. The van der Waals surface area contributed by atoms with E-state index in [9.17, 15) is 0 Å². The standard InChI is InChI=1S/C17H26N6/c1-4-7-23-12-14(10-19-23)11-22-8-5-6-16(22)15-9-17(18-3)21-13(2)20-15/h9-10,12,16H,4-8,11H2,1-3H3,(H,18,20,21). The summed E-state index contributed by atoms with van der Waals surface area (Å²) < 4.78 is 2.04. The van der Waals surface area contributed by atoms with Crippen LogP contribution in [0.5, 0.6) is 0 Å². The summed E-state index contributed by atoms with van der Waals surface area (Å²) in [6, 6.07) is 2.45. The van der Waals surface area contributed by atoms with Crippen LogP contribution in [0.15, 0.2) is 18.5 Å². The van der Waals surface area contributed by atoms with E-state index in [1.54, 1.807) is 0 Å². The Morgan fingerprint density at radius 3 is 3.00 bits per heavy atom. The van der Waals surface area contributed by atoms with Gasteiger partial charge in [0.1, 0.15) is 11.6 Å². The summed E-state index contributed by atoms with van der Waals surface area (Å²) in [7, 11) is 1.90. The van der Waals surface area contributed by atoms with Crippen LogP contribution in [0.3, 0.4) is 0 Å². The summed E-state index contributed by atoms with van der Waals surface area (Å²) in [6.07, 6.45) is 7.65. The molecule has 124 valence electrons. The highest BCUT2D eigenvalue weighted by atomic mass is 15.3. The zero-order valence-electron chi connectivity index (χ0n) is 14.3. The SMILES string of the molecule is CCCn1cc(CN2CCCC2c2cc(NC)nc(C)n2)cn1. The third kappa shape index (κ3) is 3.69. The molecule has 0 aromatic carbocycles. The van der Waals surface area contributed by atoms with Gasteiger partial charge in [-0.2, -0.15) is 5.10 Å². The van der Waals surface area contributed by atoms with Gasteiger partial charge in [-0.3, -0.25) is 9.58 Å². The van der Waals surface area contributed by atoms with E-state index < -0.39 is 0 Å². The minimum absolute atomic E-state index is 0.373. The molecule has 0 saturated carbocycles. The van der Waals surface area contributed by atoms with Gasteiger partial charge in [0.05, 0.1) is 17.9 Å². The monoisotopic (exact) mass is 314 g/mol. The summed E-state index contributed by atoms with van der Waals surface area (Å²) in [4.78, 5) is 11.6. The molecule has 1 fully saturated rings. The Morgan fingerprint density at radius 2 is 2.22 bits per heavy atom. The molecule has 1 N–H and O–H groups in total. The molecule has 2 aromatic heterocycles. The molecule has 1 aliphatic rings. The summed E-state index contributed by atoms with van der Waals surface area (Å²) >= 11 is 0. The van der Waals surface area contributed by atoms with Crippen LogP contribution in [0.4, 0.5) is 5.82 Å². The van der Waals surface area contributed by atoms with Gasteiger partial charge >= 0.3 is 0 Å². The van der Waals surface area contributed by atoms with E-state index in [0.717, 1.165) is 49.8 Å². The Kier molecular flexibility index (Phi) is 4.91. The molecule has 0 radical (unpaired) electrons. The van der Waals surface area contributed by atoms with E-state index in [1.807, 2.05) is 24.9 Å². The Labute approximate surface area is 137 Å². The maximum atomic E-state index is 4.68. The Hall–Kier alpha value is -1.95. The van der Waals surface area contributed by atoms with Crippen LogP contribution in [0.1, 0.15) is 49.3 Å². The van der Waals surface area contributed by atoms with E-state index in [1.165, 1.54) is 12.0 Å². The summed E-state index contributed by atoms with van der Waals surface area (Å²) in [5.41, 5.74) is 2.41. The summed E-state index contributed by atoms with van der Waals surface area (Å²) in [5, 5.41) is 7.57. The predicted octanol–water partition coefficient (Wildman–Crippen LogP) is 2.77. The van der Waals surface area contributed by atoms with Crippen LogP contribution in [-0.2, 0) is 13.1 Å². The molecular formula is C17H26N6. The fourth-order valence-electron chi connectivity index (χ4n) is 3.31. The van der Waals surface area contributed by atoms with Gasteiger partial charge in [-0.25, -0.2) is 9.97 Å². The second kappa shape index (κ2) is 7.08. The predicted molar refractivity (Wildman–Crippen MR) is 91.2 cm³/mol. The van der Waals surface area contributed by atoms with E-state index in [-0.39, 0.29) is 0 Å². The van der Waals surface area contributed by atoms with Crippen LogP contribution in [0.25, 0.3) is 0 Å². The van der Waals surface area contributed by atoms with Crippen LogP contribution < -0.4 is 5.32 Å². The molecule has 23 heavy (non-hydrogen) atoms. The van der Waals surface area contributed by atoms with Crippen molar-refractivity contribution in [1.82, 2.24) is 24.6 Å². The van der Waals surface area contributed by atoms with E-state index in [0.29, 0.717) is 6.04 Å². The minimum Gasteiger partial charge on any atom is -0.373 e. The van der Waals surface area contributed by atoms with Crippen molar-refractivity contribution in [3.63, 3.8) is 0 Å². The fraction of sp³-hybridized carbons (Fsp3) is 0.588. The number of anilines is 1. The van der Waals surface area contributed by atoms with Gasteiger partial charge < -0.3 is 5.32 Å². The molecular weight excluding hydrogens is 288 g/mol. The second-order valence-corrected chi connectivity index (χ2v) is 6.22. The minimum atomic E-state index is 0.373. The van der Waals surface area contributed by atoms with Crippen LogP contribution in [0, 0.1) is 6.92 Å². The first kappa shape index (κ1) is 15.9. The molecule has 1 unspecified atom stereocenters.